The Labute approximate surface area is 236 Å². The van der Waals surface area contributed by atoms with E-state index in [4.69, 9.17) is 5.11 Å². The molecule has 0 aliphatic heterocycles. The molecule has 3 N–H and O–H groups in total. The Balaban J connectivity index is 0.00000216. The summed E-state index contributed by atoms with van der Waals surface area (Å²) >= 11 is 1.50. The lowest BCUT2D eigenvalue weighted by Gasteiger charge is -2.17. The maximum absolute atomic E-state index is 11.7. The van der Waals surface area contributed by atoms with Crippen LogP contribution in [0.15, 0.2) is 138 Å². The first kappa shape index (κ1) is 29.7. The summed E-state index contributed by atoms with van der Waals surface area (Å²) in [6.45, 7) is 7.67. The second kappa shape index (κ2) is 14.9. The fourth-order valence-electron chi connectivity index (χ4n) is 3.87. The quantitative estimate of drug-likeness (QED) is 0.0818. The van der Waals surface area contributed by atoms with Crippen LogP contribution in [-0.2, 0) is 0 Å². The van der Waals surface area contributed by atoms with Crippen molar-refractivity contribution in [1.82, 2.24) is 10.2 Å². The van der Waals surface area contributed by atoms with E-state index in [2.05, 4.69) is 28.5 Å². The molecular weight excluding hydrogens is 524 g/mol. The summed E-state index contributed by atoms with van der Waals surface area (Å²) in [5, 5.41) is 27.8. The molecule has 0 fully saturated rings. The minimum Gasteiger partial charge on any atom is -0.478 e. The predicted molar refractivity (Wildman–Crippen MR) is 159 cm³/mol. The first-order valence-corrected chi connectivity index (χ1v) is 13.0. The normalized spacial score (nSPS) is 11.8. The molecule has 8 nitrogen and oxygen atoms in total. The zero-order chi connectivity index (χ0) is 28.9. The van der Waals surface area contributed by atoms with Crippen LogP contribution in [0.2, 0.25) is 0 Å². The van der Waals surface area contributed by atoms with E-state index in [9.17, 15) is 14.8 Å². The van der Waals surface area contributed by atoms with Crippen LogP contribution in [0.1, 0.15) is 21.2 Å². The number of nitrogens with one attached hydrogen (secondary N) is 1. The second-order valence-electron chi connectivity index (χ2n) is 8.09. The predicted octanol–water partition coefficient (Wildman–Crippen LogP) is 6.75. The molecule has 1 heterocycles. The van der Waals surface area contributed by atoms with Crippen LogP contribution in [-0.4, -0.2) is 33.5 Å². The molecular formula is C31H29N4O4S+. The third kappa shape index (κ3) is 7.16. The minimum absolute atomic E-state index is 0.152. The van der Waals surface area contributed by atoms with E-state index in [0.717, 1.165) is 23.8 Å². The van der Waals surface area contributed by atoms with Gasteiger partial charge in [0.05, 0.1) is 21.5 Å². The highest BCUT2D eigenvalue weighted by atomic mass is 32.2. The summed E-state index contributed by atoms with van der Waals surface area (Å²) in [6.07, 6.45) is 9.25. The first-order valence-electron chi connectivity index (χ1n) is 12.1. The summed E-state index contributed by atoms with van der Waals surface area (Å²) in [5.74, 6) is -0.406. The van der Waals surface area contributed by atoms with Gasteiger partial charge in [-0.25, -0.2) is 4.79 Å². The monoisotopic (exact) mass is 553 g/mol. The molecule has 0 spiro atoms. The van der Waals surface area contributed by atoms with Gasteiger partial charge in [0.2, 0.25) is 0 Å². The van der Waals surface area contributed by atoms with Crippen molar-refractivity contribution in [3.63, 3.8) is 0 Å². The van der Waals surface area contributed by atoms with Crippen molar-refractivity contribution in [3.8, 4) is 17.1 Å². The molecule has 1 atom stereocenters. The standard InChI is InChI=1S/C30H24N4O3S.CH4O/c1-3-5-11-21(10-4-2)27(22-12-7-6-8-13-22)38-30-32-31-28(23-16-18-25(33-37)19-17-23)34(30)26-15-9-14-24(20-26)29(35)36;1-2/h3-20,27H,1-2H2,(H,35,36);2H,1H3/p+1/b11-5-,21-10+;. The number of carboxylic acids is 1. The lowest BCUT2D eigenvalue weighted by Crippen LogP contribution is -2.34. The summed E-state index contributed by atoms with van der Waals surface area (Å²) in [4.78, 5) is 22.7. The topological polar surface area (TPSA) is 120 Å². The second-order valence-corrected chi connectivity index (χ2v) is 9.16. The van der Waals surface area contributed by atoms with Crippen LogP contribution in [0, 0.1) is 4.91 Å². The molecule has 0 bridgehead atoms. The Morgan fingerprint density at radius 2 is 1.75 bits per heavy atom. The van der Waals surface area contributed by atoms with Crippen molar-refractivity contribution in [2.75, 3.05) is 7.11 Å². The van der Waals surface area contributed by atoms with Crippen LogP contribution in [0.3, 0.4) is 0 Å². The zero-order valence-corrected chi connectivity index (χ0v) is 22.7. The Morgan fingerprint density at radius 3 is 2.38 bits per heavy atom. The number of aromatic nitrogens is 3. The van der Waals surface area contributed by atoms with Gasteiger partial charge in [-0.15, -0.1) is 10.0 Å². The van der Waals surface area contributed by atoms with Gasteiger partial charge in [0.25, 0.3) is 5.82 Å². The largest absolute Gasteiger partial charge is 0.478 e. The molecule has 0 saturated heterocycles. The van der Waals surface area contributed by atoms with E-state index in [1.807, 2.05) is 59.2 Å². The van der Waals surface area contributed by atoms with Crippen molar-refractivity contribution >= 4 is 23.4 Å². The van der Waals surface area contributed by atoms with Gasteiger partial charge in [0.1, 0.15) is 11.4 Å². The van der Waals surface area contributed by atoms with Gasteiger partial charge in [-0.2, -0.15) is 4.57 Å². The van der Waals surface area contributed by atoms with Gasteiger partial charge in [0, 0.05) is 7.11 Å². The molecule has 0 saturated carbocycles. The highest BCUT2D eigenvalue weighted by Gasteiger charge is 2.29. The number of hydrogen-bond donors (Lipinski definition) is 3. The fourth-order valence-corrected chi connectivity index (χ4v) is 5.07. The maximum Gasteiger partial charge on any atom is 0.342 e. The Kier molecular flexibility index (Phi) is 11.1. The first-order chi connectivity index (χ1) is 19.5. The number of benzene rings is 3. The molecule has 1 unspecified atom stereocenters. The molecule has 3 aromatic carbocycles. The number of H-pyrrole nitrogens is 1. The SMILES string of the molecule is C=C/C=C\C(=C/C=C)C(Sc1n[nH]c(-c2ccc(N=O)cc2)[n+]1-c1cccc(C(=O)O)c1)c1ccccc1.CO. The molecule has 0 aliphatic rings. The number of thioether (sulfide) groups is 1. The molecule has 0 radical (unpaired) electrons. The van der Waals surface area contributed by atoms with Crippen molar-refractivity contribution in [2.24, 2.45) is 5.18 Å². The van der Waals surface area contributed by atoms with Crippen molar-refractivity contribution in [3.05, 3.63) is 144 Å². The highest BCUT2D eigenvalue weighted by molar-refractivity contribution is 7.99. The number of rotatable bonds is 11. The summed E-state index contributed by atoms with van der Waals surface area (Å²) in [5.41, 5.74) is 3.86. The van der Waals surface area contributed by atoms with Gasteiger partial charge >= 0.3 is 11.1 Å². The van der Waals surface area contributed by atoms with Crippen molar-refractivity contribution < 1.29 is 19.6 Å². The Bertz CT molecular complexity index is 1530. The lowest BCUT2D eigenvalue weighted by atomic mass is 10.0. The lowest BCUT2D eigenvalue weighted by molar-refractivity contribution is -0.625. The van der Waals surface area contributed by atoms with Crippen molar-refractivity contribution in [1.29, 1.82) is 0 Å². The molecule has 4 aromatic rings. The number of allylic oxidation sites excluding steroid dienone is 5. The van der Waals surface area contributed by atoms with E-state index in [-0.39, 0.29) is 10.8 Å². The third-order valence-electron chi connectivity index (χ3n) is 5.63. The Hall–Kier alpha value is -4.86. The van der Waals surface area contributed by atoms with E-state index < -0.39 is 5.97 Å². The number of aromatic carboxylic acids is 1. The molecule has 4 rings (SSSR count). The number of aromatic amines is 1. The molecule has 0 aliphatic carbocycles. The Morgan fingerprint density at radius 1 is 1.02 bits per heavy atom. The van der Waals surface area contributed by atoms with Crippen LogP contribution in [0.25, 0.3) is 17.1 Å². The van der Waals surface area contributed by atoms with E-state index >= 15 is 0 Å². The average molecular weight is 554 g/mol. The van der Waals surface area contributed by atoms with E-state index in [0.29, 0.717) is 22.4 Å². The third-order valence-corrected chi connectivity index (χ3v) is 6.90. The zero-order valence-electron chi connectivity index (χ0n) is 21.8. The van der Waals surface area contributed by atoms with E-state index in [1.54, 1.807) is 54.6 Å². The molecule has 202 valence electrons. The van der Waals surface area contributed by atoms with Gasteiger partial charge < -0.3 is 10.2 Å². The van der Waals surface area contributed by atoms with Crippen molar-refractivity contribution in [2.45, 2.75) is 10.4 Å². The van der Waals surface area contributed by atoms with Gasteiger partial charge in [0.15, 0.2) is 0 Å². The number of hydrogen-bond acceptors (Lipinski definition) is 6. The number of nitrogens with zero attached hydrogens (tertiary/aromatic N) is 3. The number of aliphatic hydroxyl groups is 1. The summed E-state index contributed by atoms with van der Waals surface area (Å²) in [6, 6.07) is 23.4. The number of nitroso groups, excluding NO2 is 1. The molecule has 9 heteroatoms. The maximum atomic E-state index is 11.7. The van der Waals surface area contributed by atoms with Crippen LogP contribution in [0.4, 0.5) is 5.69 Å². The van der Waals surface area contributed by atoms with E-state index in [1.165, 1.54) is 11.8 Å². The van der Waals surface area contributed by atoms with Crippen LogP contribution < -0.4 is 4.57 Å². The number of carboxylic acid groups (broad SMARTS) is 1. The molecule has 40 heavy (non-hydrogen) atoms. The summed E-state index contributed by atoms with van der Waals surface area (Å²) in [7, 11) is 1.00. The summed E-state index contributed by atoms with van der Waals surface area (Å²) < 4.78 is 1.87. The smallest absolute Gasteiger partial charge is 0.342 e. The number of carbonyl (C=O) groups is 1. The van der Waals surface area contributed by atoms with Crippen LogP contribution >= 0.6 is 11.8 Å². The van der Waals surface area contributed by atoms with Gasteiger partial charge in [-0.1, -0.05) is 79.9 Å². The highest BCUT2D eigenvalue weighted by Crippen LogP contribution is 2.40. The molecule has 0 amide bonds. The molecule has 1 aromatic heterocycles. The average Bonchev–Trinajstić information content (AvgIpc) is 3.43. The van der Waals surface area contributed by atoms with Crippen LogP contribution in [0.5, 0.6) is 0 Å². The van der Waals surface area contributed by atoms with Gasteiger partial charge in [-0.05, 0) is 70.5 Å². The van der Waals surface area contributed by atoms with Gasteiger partial charge in [-0.3, -0.25) is 0 Å². The fraction of sp³-hybridized carbons (Fsp3) is 0.0645. The minimum atomic E-state index is -1.03. The number of aliphatic hydroxyl groups excluding tert-OH is 1.